The van der Waals surface area contributed by atoms with E-state index in [0.717, 1.165) is 25.7 Å². The van der Waals surface area contributed by atoms with Crippen LogP contribution in [0.5, 0.6) is 0 Å². The van der Waals surface area contributed by atoms with Crippen LogP contribution in [0.3, 0.4) is 0 Å². The van der Waals surface area contributed by atoms with Gasteiger partial charge in [0, 0.05) is 12.5 Å². The number of hydrogen-bond acceptors (Lipinski definition) is 4. The predicted molar refractivity (Wildman–Crippen MR) is 139 cm³/mol. The molecule has 0 aliphatic heterocycles. The first-order chi connectivity index (χ1) is 16.1. The number of nitrogens with zero attached hydrogens (tertiary/aromatic N) is 1. The summed E-state index contributed by atoms with van der Waals surface area (Å²) in [4.78, 5) is 12.8. The van der Waals surface area contributed by atoms with Crippen LogP contribution in [-0.2, 0) is 0 Å². The molecule has 0 aliphatic rings. The summed E-state index contributed by atoms with van der Waals surface area (Å²) in [5, 5.41) is 31.7. The third-order valence-electron chi connectivity index (χ3n) is 6.23. The first-order valence-corrected chi connectivity index (χ1v) is 13.2. The van der Waals surface area contributed by atoms with E-state index in [1.165, 1.54) is 57.8 Å². The van der Waals surface area contributed by atoms with Crippen molar-refractivity contribution in [1.82, 2.24) is 4.65 Å². The van der Waals surface area contributed by atoms with Crippen molar-refractivity contribution in [1.29, 1.82) is 0 Å². The largest absolute Gasteiger partial charge is 0.627 e. The number of allylic oxidation sites excluding steroid dienone is 2. The van der Waals surface area contributed by atoms with Crippen LogP contribution in [0.2, 0.25) is 0 Å². The van der Waals surface area contributed by atoms with E-state index in [9.17, 15) is 20.2 Å². The third kappa shape index (κ3) is 12.5. The number of ketones is 1. The number of aliphatic hydroxyl groups is 2. The summed E-state index contributed by atoms with van der Waals surface area (Å²) in [5.41, 5.74) is 0.767. The molecule has 0 bridgehead atoms. The zero-order valence-electron chi connectivity index (χ0n) is 20.9. The zero-order chi connectivity index (χ0) is 24.2. The molecule has 0 unspecified atom stereocenters. The Labute approximate surface area is 201 Å². The number of unbranched alkanes of at least 4 members (excludes halogenated alkanes) is 11. The standard InChI is InChI=1S/C28H47NO4/c1-2-3-4-5-6-7-8-9-10-11-12-13-14-15-16-21-28(32)26-19-17-18-20-27(26)29(33,22-24-30)23-25-31/h9-10,17-20,30-31H,2-8,11-16,21-25H2,1H3. The van der Waals surface area contributed by atoms with Gasteiger partial charge in [-0.25, -0.2) is 0 Å². The molecule has 0 aliphatic carbocycles. The normalized spacial score (nSPS) is 12.0. The second kappa shape index (κ2) is 18.8. The van der Waals surface area contributed by atoms with Crippen LogP contribution in [0.15, 0.2) is 36.4 Å². The van der Waals surface area contributed by atoms with Gasteiger partial charge in [-0.05, 0) is 38.2 Å². The molecule has 5 heteroatoms. The van der Waals surface area contributed by atoms with E-state index < -0.39 is 4.65 Å². The number of rotatable bonds is 21. The van der Waals surface area contributed by atoms with Gasteiger partial charge in [0.15, 0.2) is 5.78 Å². The molecule has 0 amide bonds. The van der Waals surface area contributed by atoms with Gasteiger partial charge < -0.3 is 20.1 Å². The lowest BCUT2D eigenvalue weighted by Crippen LogP contribution is -2.48. The molecular weight excluding hydrogens is 414 g/mol. The van der Waals surface area contributed by atoms with Crippen molar-refractivity contribution < 1.29 is 15.0 Å². The highest BCUT2D eigenvalue weighted by atomic mass is 16.5. The van der Waals surface area contributed by atoms with Gasteiger partial charge in [0.1, 0.15) is 18.8 Å². The highest BCUT2D eigenvalue weighted by molar-refractivity contribution is 6.01. The number of hydroxylamine groups is 2. The molecule has 0 heterocycles. The number of Topliss-reactive ketones (excluding diaryl/α,β-unsaturated/α-hetero) is 1. The van der Waals surface area contributed by atoms with Crippen molar-refractivity contribution in [3.05, 3.63) is 47.2 Å². The minimum absolute atomic E-state index is 0.0301. The summed E-state index contributed by atoms with van der Waals surface area (Å²) in [5.74, 6) is -0.0301. The molecule has 0 radical (unpaired) electrons. The van der Waals surface area contributed by atoms with Crippen molar-refractivity contribution in [3.8, 4) is 0 Å². The summed E-state index contributed by atoms with van der Waals surface area (Å²) in [6.45, 7) is 1.53. The molecule has 1 aromatic carbocycles. The Kier molecular flexibility index (Phi) is 16.8. The van der Waals surface area contributed by atoms with E-state index in [1.54, 1.807) is 24.3 Å². The Morgan fingerprint density at radius 2 is 1.33 bits per heavy atom. The highest BCUT2D eigenvalue weighted by Gasteiger charge is 2.25. The lowest BCUT2D eigenvalue weighted by atomic mass is 10.0. The van der Waals surface area contributed by atoms with Crippen molar-refractivity contribution in [2.45, 2.75) is 96.8 Å². The maximum atomic E-state index is 13.1. The maximum absolute atomic E-state index is 13.1. The molecule has 0 fully saturated rings. The first kappa shape index (κ1) is 29.5. The molecular formula is C28H47NO4. The molecule has 0 spiro atoms. The fraction of sp³-hybridized carbons (Fsp3) is 0.679. The molecule has 0 saturated carbocycles. The van der Waals surface area contributed by atoms with Crippen molar-refractivity contribution in [2.75, 3.05) is 26.3 Å². The molecule has 2 N–H and O–H groups in total. The Morgan fingerprint density at radius 1 is 0.818 bits per heavy atom. The van der Waals surface area contributed by atoms with Gasteiger partial charge in [-0.1, -0.05) is 82.6 Å². The van der Waals surface area contributed by atoms with Gasteiger partial charge in [-0.3, -0.25) is 4.79 Å². The topological polar surface area (TPSA) is 80.6 Å². The smallest absolute Gasteiger partial charge is 0.168 e. The Bertz CT molecular complexity index is 653. The van der Waals surface area contributed by atoms with E-state index in [-0.39, 0.29) is 32.1 Å². The third-order valence-corrected chi connectivity index (χ3v) is 6.23. The van der Waals surface area contributed by atoms with Gasteiger partial charge in [-0.2, -0.15) is 0 Å². The molecule has 188 valence electrons. The Hall–Kier alpha value is -1.53. The number of hydrogen-bond donors (Lipinski definition) is 2. The van der Waals surface area contributed by atoms with E-state index in [0.29, 0.717) is 17.7 Å². The molecule has 0 atom stereocenters. The Balaban J connectivity index is 2.24. The van der Waals surface area contributed by atoms with Gasteiger partial charge in [0.05, 0.1) is 18.8 Å². The summed E-state index contributed by atoms with van der Waals surface area (Å²) in [7, 11) is 0. The van der Waals surface area contributed by atoms with Crippen LogP contribution in [0.1, 0.15) is 107 Å². The van der Waals surface area contributed by atoms with Crippen molar-refractivity contribution >= 4 is 11.5 Å². The number of aliphatic hydroxyl groups excluding tert-OH is 2. The molecule has 33 heavy (non-hydrogen) atoms. The molecule has 5 nitrogen and oxygen atoms in total. The van der Waals surface area contributed by atoms with Crippen LogP contribution < -0.4 is 4.65 Å². The lowest BCUT2D eigenvalue weighted by molar-refractivity contribution is 0.0976. The fourth-order valence-electron chi connectivity index (χ4n) is 4.23. The number of carbonyl (C=O) groups excluding carboxylic acids is 1. The molecule has 1 rings (SSSR count). The van der Waals surface area contributed by atoms with Crippen LogP contribution in [0, 0.1) is 5.21 Å². The monoisotopic (exact) mass is 461 g/mol. The van der Waals surface area contributed by atoms with E-state index >= 15 is 0 Å². The minimum Gasteiger partial charge on any atom is -0.627 e. The van der Waals surface area contributed by atoms with E-state index in [2.05, 4.69) is 19.1 Å². The second-order valence-corrected chi connectivity index (χ2v) is 9.06. The average molecular weight is 462 g/mol. The molecule has 0 aromatic heterocycles. The summed E-state index contributed by atoms with van der Waals surface area (Å²) < 4.78 is -0.874. The van der Waals surface area contributed by atoms with Crippen LogP contribution in [0.4, 0.5) is 5.69 Å². The zero-order valence-corrected chi connectivity index (χ0v) is 20.9. The van der Waals surface area contributed by atoms with Crippen molar-refractivity contribution in [3.63, 3.8) is 0 Å². The van der Waals surface area contributed by atoms with Crippen LogP contribution in [0.25, 0.3) is 0 Å². The molecule has 0 saturated heterocycles. The predicted octanol–water partition coefficient (Wildman–Crippen LogP) is 6.70. The van der Waals surface area contributed by atoms with Crippen molar-refractivity contribution in [2.24, 2.45) is 0 Å². The van der Waals surface area contributed by atoms with Gasteiger partial charge in [0.25, 0.3) is 0 Å². The van der Waals surface area contributed by atoms with Gasteiger partial charge in [-0.15, -0.1) is 0 Å². The fourth-order valence-corrected chi connectivity index (χ4v) is 4.23. The average Bonchev–Trinajstić information content (AvgIpc) is 2.81. The summed E-state index contributed by atoms with van der Waals surface area (Å²) in [6, 6.07) is 6.83. The van der Waals surface area contributed by atoms with Crippen LogP contribution >= 0.6 is 0 Å². The highest BCUT2D eigenvalue weighted by Crippen LogP contribution is 2.28. The van der Waals surface area contributed by atoms with Gasteiger partial charge >= 0.3 is 0 Å². The summed E-state index contributed by atoms with van der Waals surface area (Å²) in [6.07, 6.45) is 20.8. The summed E-state index contributed by atoms with van der Waals surface area (Å²) >= 11 is 0. The van der Waals surface area contributed by atoms with Crippen LogP contribution in [-0.4, -0.2) is 42.3 Å². The first-order valence-electron chi connectivity index (χ1n) is 13.2. The van der Waals surface area contributed by atoms with E-state index in [1.807, 2.05) is 0 Å². The SMILES string of the molecule is CCCCCCCCC=CCCCCCCCC(=O)c1ccccc1[N+]([O-])(CCO)CCO. The molecule has 1 aromatic rings. The minimum atomic E-state index is -0.874. The Morgan fingerprint density at radius 3 is 1.91 bits per heavy atom. The maximum Gasteiger partial charge on any atom is 0.168 e. The number of carbonyl (C=O) groups is 1. The second-order valence-electron chi connectivity index (χ2n) is 9.06. The quantitative estimate of drug-likeness (QED) is 0.0702. The number of para-hydroxylation sites is 1. The number of quaternary nitrogens is 1. The van der Waals surface area contributed by atoms with Gasteiger partial charge in [0.2, 0.25) is 0 Å². The van der Waals surface area contributed by atoms with E-state index in [4.69, 9.17) is 0 Å². The number of benzene rings is 1. The lowest BCUT2D eigenvalue weighted by Gasteiger charge is -2.42.